The number of amides is 1. The summed E-state index contributed by atoms with van der Waals surface area (Å²) in [5.41, 5.74) is 13.8. The van der Waals surface area contributed by atoms with Crippen molar-refractivity contribution in [3.63, 3.8) is 0 Å². The minimum Gasteiger partial charge on any atom is -0.369 e. The highest BCUT2D eigenvalue weighted by Crippen LogP contribution is 2.31. The molecule has 2 aromatic rings. The Labute approximate surface area is 123 Å². The average Bonchev–Trinajstić information content (AvgIpc) is 2.44. The molecule has 0 saturated carbocycles. The second kappa shape index (κ2) is 5.33. The van der Waals surface area contributed by atoms with Crippen LogP contribution in [-0.4, -0.2) is 30.0 Å². The molecule has 110 valence electrons. The molecule has 5 heteroatoms. The van der Waals surface area contributed by atoms with Crippen molar-refractivity contribution in [2.75, 3.05) is 18.0 Å². The van der Waals surface area contributed by atoms with Gasteiger partial charge in [0.1, 0.15) is 0 Å². The number of aromatic nitrogens is 1. The van der Waals surface area contributed by atoms with E-state index in [1.807, 2.05) is 18.2 Å². The predicted octanol–water partition coefficient (Wildman–Crippen LogP) is 1.51. The molecule has 1 aliphatic heterocycles. The summed E-state index contributed by atoms with van der Waals surface area (Å²) in [5, 5.41) is 0.954. The summed E-state index contributed by atoms with van der Waals surface area (Å²) >= 11 is 0. The van der Waals surface area contributed by atoms with Crippen LogP contribution in [0.4, 0.5) is 5.69 Å². The predicted molar refractivity (Wildman–Crippen MR) is 84.2 cm³/mol. The average molecular weight is 284 g/mol. The number of piperidine rings is 1. The summed E-state index contributed by atoms with van der Waals surface area (Å²) in [6, 6.07) is 7.75. The van der Waals surface area contributed by atoms with Gasteiger partial charge in [-0.3, -0.25) is 9.78 Å². The zero-order valence-electron chi connectivity index (χ0n) is 12.1. The summed E-state index contributed by atoms with van der Waals surface area (Å²) in [6.45, 7) is 4.00. The molecule has 4 N–H and O–H groups in total. The number of anilines is 1. The molecule has 1 fully saturated rings. The molecule has 0 spiro atoms. The van der Waals surface area contributed by atoms with Crippen LogP contribution in [0.3, 0.4) is 0 Å². The lowest BCUT2D eigenvalue weighted by Gasteiger charge is -2.37. The standard InChI is InChI=1S/C16H20N4O/c1-10-7-11(17)9-20(8-10)14-5-4-13(16(18)21)15-12(14)3-2-6-19-15/h2-6,10-11H,7-9,17H2,1H3,(H2,18,21)/t10-,11+/m0/s1. The maximum absolute atomic E-state index is 11.6. The van der Waals surface area contributed by atoms with Gasteiger partial charge in [-0.15, -0.1) is 0 Å². The molecule has 0 aliphatic carbocycles. The number of benzene rings is 1. The van der Waals surface area contributed by atoms with Crippen LogP contribution in [0.2, 0.25) is 0 Å². The van der Waals surface area contributed by atoms with Crippen molar-refractivity contribution < 1.29 is 4.79 Å². The van der Waals surface area contributed by atoms with Crippen molar-refractivity contribution >= 4 is 22.5 Å². The van der Waals surface area contributed by atoms with E-state index < -0.39 is 5.91 Å². The Hall–Kier alpha value is -2.14. The molecule has 21 heavy (non-hydrogen) atoms. The second-order valence-corrected chi connectivity index (χ2v) is 5.90. The number of primary amides is 1. The summed E-state index contributed by atoms with van der Waals surface area (Å²) < 4.78 is 0. The van der Waals surface area contributed by atoms with Gasteiger partial charge in [0.15, 0.2) is 0 Å². The minimum absolute atomic E-state index is 0.177. The van der Waals surface area contributed by atoms with E-state index in [0.717, 1.165) is 30.6 Å². The van der Waals surface area contributed by atoms with Crippen molar-refractivity contribution in [3.05, 3.63) is 36.0 Å². The van der Waals surface area contributed by atoms with Gasteiger partial charge < -0.3 is 16.4 Å². The summed E-state index contributed by atoms with van der Waals surface area (Å²) in [5.74, 6) is 0.102. The molecule has 1 aromatic heterocycles. The molecular formula is C16H20N4O. The highest BCUT2D eigenvalue weighted by Gasteiger charge is 2.24. The van der Waals surface area contributed by atoms with Crippen molar-refractivity contribution in [2.24, 2.45) is 17.4 Å². The van der Waals surface area contributed by atoms with E-state index >= 15 is 0 Å². The first kappa shape index (κ1) is 13.8. The molecule has 1 aromatic carbocycles. The van der Waals surface area contributed by atoms with Crippen molar-refractivity contribution in [2.45, 2.75) is 19.4 Å². The molecule has 1 saturated heterocycles. The maximum atomic E-state index is 11.6. The van der Waals surface area contributed by atoms with Crippen molar-refractivity contribution in [1.29, 1.82) is 0 Å². The van der Waals surface area contributed by atoms with Crippen LogP contribution in [0, 0.1) is 5.92 Å². The van der Waals surface area contributed by atoms with Gasteiger partial charge in [0, 0.05) is 36.4 Å². The quantitative estimate of drug-likeness (QED) is 0.875. The highest BCUT2D eigenvalue weighted by molar-refractivity contribution is 6.08. The van der Waals surface area contributed by atoms with Crippen LogP contribution in [0.15, 0.2) is 30.5 Å². The van der Waals surface area contributed by atoms with E-state index in [0.29, 0.717) is 17.0 Å². The van der Waals surface area contributed by atoms with Gasteiger partial charge in [-0.1, -0.05) is 6.92 Å². The van der Waals surface area contributed by atoms with Crippen LogP contribution in [-0.2, 0) is 0 Å². The Morgan fingerprint density at radius 2 is 2.14 bits per heavy atom. The van der Waals surface area contributed by atoms with Crippen LogP contribution in [0.5, 0.6) is 0 Å². The molecule has 0 unspecified atom stereocenters. The smallest absolute Gasteiger partial charge is 0.250 e. The fraction of sp³-hybridized carbons (Fsp3) is 0.375. The Morgan fingerprint density at radius 1 is 1.33 bits per heavy atom. The van der Waals surface area contributed by atoms with Crippen molar-refractivity contribution in [1.82, 2.24) is 4.98 Å². The van der Waals surface area contributed by atoms with Crippen LogP contribution in [0.25, 0.3) is 10.9 Å². The molecule has 2 heterocycles. The second-order valence-electron chi connectivity index (χ2n) is 5.90. The first-order valence-corrected chi connectivity index (χ1v) is 7.24. The van der Waals surface area contributed by atoms with E-state index in [1.165, 1.54) is 0 Å². The van der Waals surface area contributed by atoms with Crippen LogP contribution < -0.4 is 16.4 Å². The number of carbonyl (C=O) groups excluding carboxylic acids is 1. The highest BCUT2D eigenvalue weighted by atomic mass is 16.1. The number of rotatable bonds is 2. The molecule has 0 radical (unpaired) electrons. The van der Waals surface area contributed by atoms with Gasteiger partial charge in [0.25, 0.3) is 5.91 Å². The SMILES string of the molecule is C[C@H]1C[C@@H](N)CN(c2ccc(C(N)=O)c3ncccc23)C1. The van der Waals surface area contributed by atoms with E-state index in [2.05, 4.69) is 16.8 Å². The lowest BCUT2D eigenvalue weighted by Crippen LogP contribution is -2.46. The Kier molecular flexibility index (Phi) is 3.51. The molecule has 2 atom stereocenters. The Morgan fingerprint density at radius 3 is 2.86 bits per heavy atom. The number of carbonyl (C=O) groups is 1. The molecular weight excluding hydrogens is 264 g/mol. The van der Waals surface area contributed by atoms with Gasteiger partial charge in [-0.2, -0.15) is 0 Å². The molecule has 3 rings (SSSR count). The monoisotopic (exact) mass is 284 g/mol. The number of nitrogens with two attached hydrogens (primary N) is 2. The number of hydrogen-bond donors (Lipinski definition) is 2. The third-order valence-electron chi connectivity index (χ3n) is 4.04. The molecule has 1 aliphatic rings. The third-order valence-corrected chi connectivity index (χ3v) is 4.04. The fourth-order valence-electron chi connectivity index (χ4n) is 3.23. The number of fused-ring (bicyclic) bond motifs is 1. The number of pyridine rings is 1. The fourth-order valence-corrected chi connectivity index (χ4v) is 3.23. The minimum atomic E-state index is -0.450. The topological polar surface area (TPSA) is 85.2 Å². The van der Waals surface area contributed by atoms with E-state index in [1.54, 1.807) is 12.3 Å². The van der Waals surface area contributed by atoms with Gasteiger partial charge in [-0.25, -0.2) is 0 Å². The van der Waals surface area contributed by atoms with E-state index in [4.69, 9.17) is 11.5 Å². The lowest BCUT2D eigenvalue weighted by atomic mass is 9.95. The maximum Gasteiger partial charge on any atom is 0.250 e. The van der Waals surface area contributed by atoms with Crippen LogP contribution in [0.1, 0.15) is 23.7 Å². The number of hydrogen-bond acceptors (Lipinski definition) is 4. The Bertz CT molecular complexity index is 675. The largest absolute Gasteiger partial charge is 0.369 e. The van der Waals surface area contributed by atoms with E-state index in [9.17, 15) is 4.79 Å². The van der Waals surface area contributed by atoms with E-state index in [-0.39, 0.29) is 6.04 Å². The van der Waals surface area contributed by atoms with Gasteiger partial charge in [0.05, 0.1) is 11.1 Å². The van der Waals surface area contributed by atoms with Gasteiger partial charge in [0.2, 0.25) is 0 Å². The third kappa shape index (κ3) is 2.56. The van der Waals surface area contributed by atoms with Crippen LogP contribution >= 0.6 is 0 Å². The Balaban J connectivity index is 2.11. The molecule has 5 nitrogen and oxygen atoms in total. The zero-order chi connectivity index (χ0) is 15.0. The summed E-state index contributed by atoms with van der Waals surface area (Å²) in [6.07, 6.45) is 2.73. The van der Waals surface area contributed by atoms with Crippen molar-refractivity contribution in [3.8, 4) is 0 Å². The molecule has 0 bridgehead atoms. The lowest BCUT2D eigenvalue weighted by molar-refractivity contribution is 0.100. The van der Waals surface area contributed by atoms with Gasteiger partial charge >= 0.3 is 0 Å². The first-order valence-electron chi connectivity index (χ1n) is 7.24. The molecule has 1 amide bonds. The first-order chi connectivity index (χ1) is 10.1. The number of nitrogens with zero attached hydrogens (tertiary/aromatic N) is 2. The van der Waals surface area contributed by atoms with Gasteiger partial charge in [-0.05, 0) is 36.6 Å². The summed E-state index contributed by atoms with van der Waals surface area (Å²) in [4.78, 5) is 18.2. The normalized spacial score (nSPS) is 22.5. The summed E-state index contributed by atoms with van der Waals surface area (Å²) in [7, 11) is 0. The zero-order valence-corrected chi connectivity index (χ0v) is 12.1.